The number of carbonyl (C=O) groups is 2. The molecule has 1 fully saturated rings. The number of alkyl carbamates (subject to hydrolysis) is 1. The van der Waals surface area contributed by atoms with E-state index in [4.69, 9.17) is 9.26 Å². The van der Waals surface area contributed by atoms with Crippen molar-refractivity contribution in [3.8, 4) is 0 Å². The van der Waals surface area contributed by atoms with E-state index >= 15 is 0 Å². The van der Waals surface area contributed by atoms with Crippen LogP contribution in [0, 0.1) is 6.92 Å². The van der Waals surface area contributed by atoms with E-state index in [-0.39, 0.29) is 13.0 Å². The molecule has 2 rings (SSSR count). The highest BCUT2D eigenvalue weighted by Gasteiger charge is 2.47. The quantitative estimate of drug-likeness (QED) is 0.839. The monoisotopic (exact) mass is 326 g/mol. The number of aryl methyl sites for hydroxylation is 1. The van der Waals surface area contributed by atoms with Crippen molar-refractivity contribution < 1.29 is 24.0 Å². The van der Waals surface area contributed by atoms with Gasteiger partial charge in [-0.05, 0) is 27.2 Å². The van der Waals surface area contributed by atoms with Crippen molar-refractivity contribution >= 4 is 12.1 Å². The van der Waals surface area contributed by atoms with Crippen LogP contribution >= 0.6 is 0 Å². The molecule has 0 radical (unpaired) electrons. The van der Waals surface area contributed by atoms with E-state index in [9.17, 15) is 14.7 Å². The molecule has 0 bridgehead atoms. The van der Waals surface area contributed by atoms with E-state index < -0.39 is 23.2 Å². The number of carboxylic acids is 1. The van der Waals surface area contributed by atoms with Crippen molar-refractivity contribution in [1.82, 2.24) is 20.4 Å². The molecule has 1 aliphatic heterocycles. The summed E-state index contributed by atoms with van der Waals surface area (Å²) < 4.78 is 10.1. The first kappa shape index (κ1) is 17.2. The van der Waals surface area contributed by atoms with Crippen molar-refractivity contribution in [3.05, 3.63) is 11.7 Å². The summed E-state index contributed by atoms with van der Waals surface area (Å²) in [5.41, 5.74) is -2.06. The number of rotatable bonds is 4. The largest absolute Gasteiger partial charge is 0.479 e. The third kappa shape index (κ3) is 4.41. The molecule has 1 amide bonds. The van der Waals surface area contributed by atoms with Crippen LogP contribution in [0.1, 0.15) is 38.9 Å². The van der Waals surface area contributed by atoms with Crippen molar-refractivity contribution in [3.63, 3.8) is 0 Å². The lowest BCUT2D eigenvalue weighted by atomic mass is 9.99. The summed E-state index contributed by atoms with van der Waals surface area (Å²) >= 11 is 0. The topological polar surface area (TPSA) is 118 Å². The van der Waals surface area contributed by atoms with E-state index in [1.54, 1.807) is 27.7 Å². The molecule has 9 heteroatoms. The molecule has 128 valence electrons. The van der Waals surface area contributed by atoms with Gasteiger partial charge in [0, 0.05) is 20.0 Å². The lowest BCUT2D eigenvalue weighted by Gasteiger charge is -2.28. The first-order valence-corrected chi connectivity index (χ1v) is 7.36. The number of hydrogen-bond acceptors (Lipinski definition) is 7. The summed E-state index contributed by atoms with van der Waals surface area (Å²) in [5.74, 6) is -0.147. The number of aliphatic carboxylic acids is 1. The van der Waals surface area contributed by atoms with Crippen LogP contribution in [-0.4, -0.2) is 56.4 Å². The minimum absolute atomic E-state index is 0.148. The smallest absolute Gasteiger partial charge is 0.408 e. The van der Waals surface area contributed by atoms with Gasteiger partial charge in [0.1, 0.15) is 5.60 Å². The highest BCUT2D eigenvalue weighted by molar-refractivity contribution is 5.85. The molecule has 0 aliphatic carbocycles. The Kier molecular flexibility index (Phi) is 4.60. The zero-order chi connectivity index (χ0) is 17.3. The summed E-state index contributed by atoms with van der Waals surface area (Å²) in [6.07, 6.45) is -0.463. The molecule has 1 aromatic heterocycles. The normalized spacial score (nSPS) is 22.1. The predicted molar refractivity (Wildman–Crippen MR) is 78.7 cm³/mol. The maximum absolute atomic E-state index is 11.9. The van der Waals surface area contributed by atoms with E-state index in [0.717, 1.165) is 0 Å². The van der Waals surface area contributed by atoms with E-state index in [1.807, 2.05) is 4.90 Å². The lowest BCUT2D eigenvalue weighted by molar-refractivity contribution is -0.144. The van der Waals surface area contributed by atoms with Crippen molar-refractivity contribution in [2.45, 2.75) is 51.8 Å². The maximum Gasteiger partial charge on any atom is 0.408 e. The Labute approximate surface area is 134 Å². The van der Waals surface area contributed by atoms with Gasteiger partial charge in [-0.1, -0.05) is 5.16 Å². The number of aromatic nitrogens is 2. The van der Waals surface area contributed by atoms with Gasteiger partial charge in [0.2, 0.25) is 5.89 Å². The van der Waals surface area contributed by atoms with E-state index in [2.05, 4.69) is 15.5 Å². The number of likely N-dealkylation sites (tertiary alicyclic amines) is 1. The van der Waals surface area contributed by atoms with Crippen LogP contribution in [0.3, 0.4) is 0 Å². The molecule has 1 aliphatic rings. The second kappa shape index (κ2) is 6.15. The Morgan fingerprint density at radius 2 is 2.17 bits per heavy atom. The zero-order valence-electron chi connectivity index (χ0n) is 13.8. The molecule has 1 saturated heterocycles. The molecule has 1 unspecified atom stereocenters. The molecule has 0 aromatic carbocycles. The molecular weight excluding hydrogens is 304 g/mol. The van der Waals surface area contributed by atoms with Gasteiger partial charge in [0.05, 0.1) is 6.54 Å². The van der Waals surface area contributed by atoms with Gasteiger partial charge in [-0.25, -0.2) is 9.59 Å². The van der Waals surface area contributed by atoms with Gasteiger partial charge >= 0.3 is 12.1 Å². The Morgan fingerprint density at radius 1 is 1.48 bits per heavy atom. The summed E-state index contributed by atoms with van der Waals surface area (Å²) in [7, 11) is 0. The summed E-state index contributed by atoms with van der Waals surface area (Å²) in [5, 5.41) is 15.8. The Hall–Kier alpha value is -2.16. The molecule has 0 saturated carbocycles. The van der Waals surface area contributed by atoms with Crippen molar-refractivity contribution in [2.75, 3.05) is 13.1 Å². The van der Waals surface area contributed by atoms with Gasteiger partial charge in [0.15, 0.2) is 11.4 Å². The third-order valence-corrected chi connectivity index (χ3v) is 3.43. The number of carbonyl (C=O) groups excluding carboxylic acids is 1. The second-order valence-electron chi connectivity index (χ2n) is 6.70. The summed E-state index contributed by atoms with van der Waals surface area (Å²) in [6.45, 7) is 7.86. The van der Waals surface area contributed by atoms with Crippen LogP contribution in [0.4, 0.5) is 4.79 Å². The van der Waals surface area contributed by atoms with Gasteiger partial charge < -0.3 is 19.7 Å². The Balaban J connectivity index is 2.02. The zero-order valence-corrected chi connectivity index (χ0v) is 13.8. The summed E-state index contributed by atoms with van der Waals surface area (Å²) in [4.78, 5) is 29.6. The average Bonchev–Trinajstić information content (AvgIpc) is 2.95. The van der Waals surface area contributed by atoms with Crippen LogP contribution in [0.2, 0.25) is 0 Å². The third-order valence-electron chi connectivity index (χ3n) is 3.43. The predicted octanol–water partition coefficient (Wildman–Crippen LogP) is 0.932. The molecule has 2 N–H and O–H groups in total. The van der Waals surface area contributed by atoms with Gasteiger partial charge in [-0.15, -0.1) is 0 Å². The van der Waals surface area contributed by atoms with Crippen LogP contribution in [0.15, 0.2) is 4.52 Å². The average molecular weight is 326 g/mol. The molecule has 0 spiro atoms. The minimum Gasteiger partial charge on any atom is -0.479 e. The number of nitrogens with one attached hydrogen (secondary N) is 1. The number of ether oxygens (including phenoxy) is 1. The fourth-order valence-corrected chi connectivity index (χ4v) is 2.46. The SMILES string of the molecule is Cc1nc(CN2CCC(NC(=O)OC(C)(C)C)(C(=O)O)C2)no1. The second-order valence-corrected chi connectivity index (χ2v) is 6.70. The van der Waals surface area contributed by atoms with Gasteiger partial charge in [-0.2, -0.15) is 4.98 Å². The van der Waals surface area contributed by atoms with E-state index in [0.29, 0.717) is 24.8 Å². The van der Waals surface area contributed by atoms with Crippen LogP contribution in [0.5, 0.6) is 0 Å². The fourth-order valence-electron chi connectivity index (χ4n) is 2.46. The van der Waals surface area contributed by atoms with Crippen molar-refractivity contribution in [1.29, 1.82) is 0 Å². The van der Waals surface area contributed by atoms with Gasteiger partial charge in [-0.3, -0.25) is 4.90 Å². The van der Waals surface area contributed by atoms with Crippen molar-refractivity contribution in [2.24, 2.45) is 0 Å². The highest BCUT2D eigenvalue weighted by atomic mass is 16.6. The molecule has 1 atom stereocenters. The number of hydrogen-bond donors (Lipinski definition) is 2. The van der Waals surface area contributed by atoms with Crippen LogP contribution < -0.4 is 5.32 Å². The lowest BCUT2D eigenvalue weighted by Crippen LogP contribution is -2.57. The van der Waals surface area contributed by atoms with Crippen LogP contribution in [-0.2, 0) is 16.1 Å². The maximum atomic E-state index is 11.9. The Bertz CT molecular complexity index is 594. The number of amides is 1. The number of carboxylic acid groups (broad SMARTS) is 1. The fraction of sp³-hybridized carbons (Fsp3) is 0.714. The first-order valence-electron chi connectivity index (χ1n) is 7.36. The summed E-state index contributed by atoms with van der Waals surface area (Å²) in [6, 6.07) is 0. The van der Waals surface area contributed by atoms with Crippen LogP contribution in [0.25, 0.3) is 0 Å². The highest BCUT2D eigenvalue weighted by Crippen LogP contribution is 2.24. The standard InChI is InChI=1S/C14H22N4O5/c1-9-15-10(17-23-9)7-18-6-5-14(8-18,11(19)20)16-12(21)22-13(2,3)4/h5-8H2,1-4H3,(H,16,21)(H,19,20). The Morgan fingerprint density at radius 3 is 2.70 bits per heavy atom. The molecular formula is C14H22N4O5. The molecule has 2 heterocycles. The molecule has 23 heavy (non-hydrogen) atoms. The first-order chi connectivity index (χ1) is 10.6. The molecule has 1 aromatic rings. The molecule has 9 nitrogen and oxygen atoms in total. The number of nitrogens with zero attached hydrogens (tertiary/aromatic N) is 3. The van der Waals surface area contributed by atoms with E-state index in [1.165, 1.54) is 0 Å². The minimum atomic E-state index is -1.37. The van der Waals surface area contributed by atoms with Gasteiger partial charge in [0.25, 0.3) is 0 Å².